The van der Waals surface area contributed by atoms with Gasteiger partial charge in [0, 0.05) is 5.54 Å². The van der Waals surface area contributed by atoms with E-state index in [2.05, 4.69) is 41.5 Å². The predicted molar refractivity (Wildman–Crippen MR) is 191 cm³/mol. The van der Waals surface area contributed by atoms with E-state index in [1.165, 1.54) is 173 Å². The minimum absolute atomic E-state index is 0.0918. The van der Waals surface area contributed by atoms with E-state index in [-0.39, 0.29) is 11.0 Å². The molecule has 0 aromatic rings. The first-order valence-corrected chi connectivity index (χ1v) is 19.7. The van der Waals surface area contributed by atoms with Crippen LogP contribution in [0, 0.1) is 29.1 Å². The van der Waals surface area contributed by atoms with Gasteiger partial charge in [-0.05, 0) is 88.0 Å². The molecule has 0 aromatic heterocycles. The Morgan fingerprint density at radius 2 is 0.833 bits per heavy atom. The number of hydrogen-bond donors (Lipinski definition) is 2. The molecule has 1 saturated carbocycles. The number of nitrogens with two attached hydrogens (primary N) is 2. The molecule has 0 spiro atoms. The van der Waals surface area contributed by atoms with Crippen LogP contribution in [0.5, 0.6) is 0 Å². The molecular formula is C40H82N2. The van der Waals surface area contributed by atoms with Crippen LogP contribution in [-0.2, 0) is 0 Å². The lowest BCUT2D eigenvalue weighted by molar-refractivity contribution is 0.0581. The molecule has 0 heterocycles. The molecule has 2 heteroatoms. The molecule has 4 atom stereocenters. The van der Waals surface area contributed by atoms with Crippen LogP contribution < -0.4 is 11.5 Å². The molecule has 4 N–H and O–H groups in total. The number of rotatable bonds is 28. The summed E-state index contributed by atoms with van der Waals surface area (Å²) in [5.41, 5.74) is 12.3. The Morgan fingerprint density at radius 3 is 1.26 bits per heavy atom. The SMILES string of the molecule is CCCCCCCCC1C(CCCCCC)CCC(CCCCCCCN)C1CCCCCCCC(C)(C)C(C)(C)N. The first-order valence-electron chi connectivity index (χ1n) is 19.7. The standard InChI is InChI=1S/C40H82N2/c1-7-9-11-13-17-23-29-37-35(27-21-12-10-8-2)31-32-36(28-22-16-15-20-26-34-41)38(37)30-24-18-14-19-25-33-39(3,4)40(5,6)42/h35-38H,7-34,41-42H2,1-6H3. The fourth-order valence-corrected chi connectivity index (χ4v) is 8.05. The van der Waals surface area contributed by atoms with Crippen molar-refractivity contribution in [2.45, 2.75) is 220 Å². The van der Waals surface area contributed by atoms with Gasteiger partial charge in [-0.25, -0.2) is 0 Å². The minimum Gasteiger partial charge on any atom is -0.330 e. The van der Waals surface area contributed by atoms with E-state index in [0.29, 0.717) is 0 Å². The highest BCUT2D eigenvalue weighted by atomic mass is 14.7. The Balaban J connectivity index is 2.74. The molecule has 1 rings (SSSR count). The van der Waals surface area contributed by atoms with Gasteiger partial charge < -0.3 is 11.5 Å². The molecule has 0 radical (unpaired) electrons. The van der Waals surface area contributed by atoms with Crippen molar-refractivity contribution >= 4 is 0 Å². The van der Waals surface area contributed by atoms with E-state index in [0.717, 1.165) is 30.2 Å². The van der Waals surface area contributed by atoms with Gasteiger partial charge >= 0.3 is 0 Å². The summed E-state index contributed by atoms with van der Waals surface area (Å²) in [5, 5.41) is 0. The third-order valence-electron chi connectivity index (χ3n) is 11.9. The maximum absolute atomic E-state index is 6.47. The highest BCUT2D eigenvalue weighted by Crippen LogP contribution is 2.48. The topological polar surface area (TPSA) is 52.0 Å². The number of unbranched alkanes of at least 4 members (excludes halogenated alkanes) is 16. The highest BCUT2D eigenvalue weighted by molar-refractivity contribution is 4.90. The van der Waals surface area contributed by atoms with Gasteiger partial charge in [0.25, 0.3) is 0 Å². The summed E-state index contributed by atoms with van der Waals surface area (Å²) >= 11 is 0. The second kappa shape index (κ2) is 24.2. The Morgan fingerprint density at radius 1 is 0.476 bits per heavy atom. The molecule has 0 amide bonds. The van der Waals surface area contributed by atoms with Crippen molar-refractivity contribution in [3.63, 3.8) is 0 Å². The van der Waals surface area contributed by atoms with Gasteiger partial charge in [-0.15, -0.1) is 0 Å². The van der Waals surface area contributed by atoms with Crippen LogP contribution in [0.15, 0.2) is 0 Å². The summed E-state index contributed by atoms with van der Waals surface area (Å²) in [4.78, 5) is 0. The molecule has 4 unspecified atom stereocenters. The largest absolute Gasteiger partial charge is 0.330 e. The van der Waals surface area contributed by atoms with Crippen molar-refractivity contribution in [1.29, 1.82) is 0 Å². The van der Waals surface area contributed by atoms with Crippen molar-refractivity contribution in [3.8, 4) is 0 Å². The van der Waals surface area contributed by atoms with Crippen molar-refractivity contribution in [2.75, 3.05) is 6.54 Å². The predicted octanol–water partition coefficient (Wildman–Crippen LogP) is 12.8. The molecule has 2 nitrogen and oxygen atoms in total. The molecule has 1 fully saturated rings. The smallest absolute Gasteiger partial charge is 0.0148 e. The molecule has 0 bridgehead atoms. The van der Waals surface area contributed by atoms with Crippen molar-refractivity contribution in [3.05, 3.63) is 0 Å². The molecule has 42 heavy (non-hydrogen) atoms. The van der Waals surface area contributed by atoms with Gasteiger partial charge in [-0.3, -0.25) is 0 Å². The van der Waals surface area contributed by atoms with Crippen molar-refractivity contribution < 1.29 is 0 Å². The van der Waals surface area contributed by atoms with E-state index in [1.807, 2.05) is 0 Å². The summed E-state index contributed by atoms with van der Waals surface area (Å²) in [6.45, 7) is 14.7. The maximum Gasteiger partial charge on any atom is 0.0148 e. The van der Waals surface area contributed by atoms with E-state index >= 15 is 0 Å². The third kappa shape index (κ3) is 17.4. The fraction of sp³-hybridized carbons (Fsp3) is 1.00. The van der Waals surface area contributed by atoms with Crippen LogP contribution in [0.4, 0.5) is 0 Å². The molecule has 0 aliphatic heterocycles. The third-order valence-corrected chi connectivity index (χ3v) is 11.9. The van der Waals surface area contributed by atoms with Crippen LogP contribution in [-0.4, -0.2) is 12.1 Å². The Hall–Kier alpha value is -0.0800. The van der Waals surface area contributed by atoms with Crippen LogP contribution in [0.2, 0.25) is 0 Å². The average molecular weight is 591 g/mol. The summed E-state index contributed by atoms with van der Waals surface area (Å²) < 4.78 is 0. The molecule has 1 aliphatic carbocycles. The fourth-order valence-electron chi connectivity index (χ4n) is 8.05. The van der Waals surface area contributed by atoms with E-state index in [4.69, 9.17) is 11.5 Å². The highest BCUT2D eigenvalue weighted by Gasteiger charge is 2.38. The van der Waals surface area contributed by atoms with Crippen LogP contribution in [0.3, 0.4) is 0 Å². The summed E-state index contributed by atoms with van der Waals surface area (Å²) in [7, 11) is 0. The Kier molecular flexibility index (Phi) is 23.0. The van der Waals surface area contributed by atoms with Gasteiger partial charge in [0.15, 0.2) is 0 Å². The molecule has 0 saturated heterocycles. The minimum atomic E-state index is -0.0918. The first-order chi connectivity index (χ1) is 20.2. The summed E-state index contributed by atoms with van der Waals surface area (Å²) in [6, 6.07) is 0. The molecule has 0 aromatic carbocycles. The monoisotopic (exact) mass is 591 g/mol. The second-order valence-electron chi connectivity index (χ2n) is 16.1. The first kappa shape index (κ1) is 39.9. The van der Waals surface area contributed by atoms with Gasteiger partial charge in [-0.1, -0.05) is 163 Å². The Labute approximate surface area is 267 Å². The van der Waals surface area contributed by atoms with Crippen molar-refractivity contribution in [1.82, 2.24) is 0 Å². The quantitative estimate of drug-likeness (QED) is 0.0890. The number of hydrogen-bond acceptors (Lipinski definition) is 2. The lowest BCUT2D eigenvalue weighted by Crippen LogP contribution is -2.47. The normalized spacial score (nSPS) is 21.7. The Bertz CT molecular complexity index is 591. The summed E-state index contributed by atoms with van der Waals surface area (Å²) in [5.74, 6) is 4.04. The van der Waals surface area contributed by atoms with Gasteiger partial charge in [0.05, 0.1) is 0 Å². The van der Waals surface area contributed by atoms with Gasteiger partial charge in [-0.2, -0.15) is 0 Å². The zero-order valence-electron chi connectivity index (χ0n) is 30.3. The van der Waals surface area contributed by atoms with Gasteiger partial charge in [0.2, 0.25) is 0 Å². The summed E-state index contributed by atoms with van der Waals surface area (Å²) in [6.07, 6.45) is 38.8. The van der Waals surface area contributed by atoms with E-state index < -0.39 is 0 Å². The molecule has 1 aliphatic rings. The van der Waals surface area contributed by atoms with Crippen LogP contribution in [0.1, 0.15) is 215 Å². The maximum atomic E-state index is 6.47. The zero-order valence-corrected chi connectivity index (χ0v) is 30.3. The molecular weight excluding hydrogens is 508 g/mol. The zero-order chi connectivity index (χ0) is 31.1. The second-order valence-corrected chi connectivity index (χ2v) is 16.1. The lowest BCUT2D eigenvalue weighted by Gasteiger charge is -2.44. The lowest BCUT2D eigenvalue weighted by atomic mass is 9.61. The van der Waals surface area contributed by atoms with Crippen molar-refractivity contribution in [2.24, 2.45) is 40.6 Å². The van der Waals surface area contributed by atoms with E-state index in [1.54, 1.807) is 0 Å². The van der Waals surface area contributed by atoms with E-state index in [9.17, 15) is 0 Å². The molecule has 252 valence electrons. The van der Waals surface area contributed by atoms with Crippen LogP contribution in [0.25, 0.3) is 0 Å². The van der Waals surface area contributed by atoms with Crippen LogP contribution >= 0.6 is 0 Å². The average Bonchev–Trinajstić information content (AvgIpc) is 2.95. The van der Waals surface area contributed by atoms with Gasteiger partial charge in [0.1, 0.15) is 0 Å².